The van der Waals surface area contributed by atoms with Crippen LogP contribution in [0.25, 0.3) is 0 Å². The van der Waals surface area contributed by atoms with Gasteiger partial charge < -0.3 is 5.11 Å². The Balaban J connectivity index is 2.82. The van der Waals surface area contributed by atoms with E-state index in [9.17, 15) is 13.5 Å². The van der Waals surface area contributed by atoms with Crippen LogP contribution < -0.4 is 4.72 Å². The summed E-state index contributed by atoms with van der Waals surface area (Å²) < 4.78 is 26.5. The molecule has 0 aromatic carbocycles. The number of aliphatic hydroxyl groups is 1. The molecule has 0 spiro atoms. The molecule has 2 N–H and O–H groups in total. The molecule has 1 heterocycles. The van der Waals surface area contributed by atoms with E-state index in [-0.39, 0.29) is 10.8 Å². The van der Waals surface area contributed by atoms with E-state index in [2.05, 4.69) is 20.7 Å². The molecule has 0 fully saturated rings. The highest BCUT2D eigenvalue weighted by atomic mass is 79.9. The zero-order valence-electron chi connectivity index (χ0n) is 8.32. The smallest absolute Gasteiger partial charge is 0.251 e. The molecule has 0 radical (unpaired) electrons. The van der Waals surface area contributed by atoms with Crippen molar-refractivity contribution in [3.63, 3.8) is 0 Å². The molecule has 0 aliphatic carbocycles. The fourth-order valence-corrected chi connectivity index (χ4v) is 4.39. The lowest BCUT2D eigenvalue weighted by atomic mass is 10.1. The molecule has 1 rings (SSSR count). The van der Waals surface area contributed by atoms with Crippen LogP contribution >= 0.6 is 27.3 Å². The van der Waals surface area contributed by atoms with Crippen molar-refractivity contribution < 1.29 is 13.5 Å². The highest BCUT2D eigenvalue weighted by molar-refractivity contribution is 9.10. The van der Waals surface area contributed by atoms with Gasteiger partial charge in [0.25, 0.3) is 10.0 Å². The molecule has 1 aromatic heterocycles. The second-order valence-corrected chi connectivity index (χ2v) is 7.43. The van der Waals surface area contributed by atoms with Gasteiger partial charge in [0.15, 0.2) is 0 Å². The van der Waals surface area contributed by atoms with Gasteiger partial charge in [0, 0.05) is 11.0 Å². The Kier molecular flexibility index (Phi) is 3.94. The van der Waals surface area contributed by atoms with Gasteiger partial charge in [-0.05, 0) is 41.2 Å². The monoisotopic (exact) mass is 313 g/mol. The minimum Gasteiger partial charge on any atom is -0.389 e. The second kappa shape index (κ2) is 4.50. The molecule has 15 heavy (non-hydrogen) atoms. The molecular formula is C8H12BrNO3S2. The summed E-state index contributed by atoms with van der Waals surface area (Å²) in [4.78, 5) is 0. The molecule has 0 aliphatic rings. The number of halogens is 1. The standard InChI is InChI=1S/C8H12BrNO3S2/c1-8(2,11)5-10-15(12,13)7-6(9)3-4-14-7/h3-4,10-11H,5H2,1-2H3. The van der Waals surface area contributed by atoms with Crippen LogP contribution in [0.3, 0.4) is 0 Å². The maximum atomic E-state index is 11.7. The molecule has 7 heteroatoms. The Morgan fingerprint density at radius 3 is 2.60 bits per heavy atom. The third-order valence-corrected chi connectivity index (χ3v) is 5.59. The Hall–Kier alpha value is 0.0500. The molecule has 0 saturated heterocycles. The van der Waals surface area contributed by atoms with Crippen molar-refractivity contribution in [2.45, 2.75) is 23.7 Å². The topological polar surface area (TPSA) is 66.4 Å². The van der Waals surface area contributed by atoms with Gasteiger partial charge in [-0.2, -0.15) is 0 Å². The Labute approximate surface area is 102 Å². The van der Waals surface area contributed by atoms with Crippen molar-refractivity contribution in [3.8, 4) is 0 Å². The summed E-state index contributed by atoms with van der Waals surface area (Å²) in [7, 11) is -3.52. The van der Waals surface area contributed by atoms with E-state index in [0.717, 1.165) is 11.3 Å². The van der Waals surface area contributed by atoms with E-state index in [1.54, 1.807) is 25.3 Å². The number of thiophene rings is 1. The maximum absolute atomic E-state index is 11.7. The Morgan fingerprint density at radius 2 is 2.20 bits per heavy atom. The molecule has 0 atom stereocenters. The van der Waals surface area contributed by atoms with E-state index in [1.165, 1.54) is 0 Å². The summed E-state index contributed by atoms with van der Waals surface area (Å²) in [6, 6.07) is 1.67. The van der Waals surface area contributed by atoms with Gasteiger partial charge >= 0.3 is 0 Å². The van der Waals surface area contributed by atoms with Crippen molar-refractivity contribution in [3.05, 3.63) is 15.9 Å². The van der Waals surface area contributed by atoms with Crippen LogP contribution in [0.5, 0.6) is 0 Å². The zero-order chi connectivity index (χ0) is 11.7. The number of hydrogen-bond donors (Lipinski definition) is 2. The lowest BCUT2D eigenvalue weighted by molar-refractivity contribution is 0.0857. The van der Waals surface area contributed by atoms with Crippen LogP contribution in [0.4, 0.5) is 0 Å². The first kappa shape index (κ1) is 13.1. The van der Waals surface area contributed by atoms with Crippen molar-refractivity contribution in [2.75, 3.05) is 6.54 Å². The third kappa shape index (κ3) is 3.84. The summed E-state index contributed by atoms with van der Waals surface area (Å²) >= 11 is 4.28. The van der Waals surface area contributed by atoms with E-state index in [1.807, 2.05) is 0 Å². The highest BCUT2D eigenvalue weighted by Gasteiger charge is 2.22. The predicted octanol–water partition coefficient (Wildman–Crippen LogP) is 1.56. The predicted molar refractivity (Wildman–Crippen MR) is 63.5 cm³/mol. The largest absolute Gasteiger partial charge is 0.389 e. The van der Waals surface area contributed by atoms with Gasteiger partial charge in [-0.25, -0.2) is 13.1 Å². The summed E-state index contributed by atoms with van der Waals surface area (Å²) in [6.45, 7) is 3.07. The molecule has 0 saturated carbocycles. The lowest BCUT2D eigenvalue weighted by Gasteiger charge is -2.17. The zero-order valence-corrected chi connectivity index (χ0v) is 11.5. The summed E-state index contributed by atoms with van der Waals surface area (Å²) in [5.74, 6) is 0. The SMILES string of the molecule is CC(C)(O)CNS(=O)(=O)c1sccc1Br. The molecule has 0 aliphatic heterocycles. The van der Waals surface area contributed by atoms with Crippen LogP contribution in [0.1, 0.15) is 13.8 Å². The van der Waals surface area contributed by atoms with Gasteiger partial charge in [-0.1, -0.05) is 0 Å². The van der Waals surface area contributed by atoms with Gasteiger partial charge in [-0.15, -0.1) is 11.3 Å². The molecule has 4 nitrogen and oxygen atoms in total. The second-order valence-electron chi connectivity index (χ2n) is 3.69. The highest BCUT2D eigenvalue weighted by Crippen LogP contribution is 2.27. The van der Waals surface area contributed by atoms with E-state index in [0.29, 0.717) is 4.47 Å². The molecule has 0 amide bonds. The van der Waals surface area contributed by atoms with Crippen molar-refractivity contribution in [2.24, 2.45) is 0 Å². The normalized spacial score (nSPS) is 13.1. The molecule has 0 unspecified atom stereocenters. The average Bonchev–Trinajstić information content (AvgIpc) is 2.47. The van der Waals surface area contributed by atoms with Crippen LogP contribution in [0, 0.1) is 0 Å². The number of nitrogens with one attached hydrogen (secondary N) is 1. The minimum absolute atomic E-state index is 0.0142. The minimum atomic E-state index is -3.52. The first-order valence-corrected chi connectivity index (χ1v) is 7.33. The molecular weight excluding hydrogens is 302 g/mol. The van der Waals surface area contributed by atoms with Gasteiger partial charge in [0.1, 0.15) is 4.21 Å². The Bertz CT molecular complexity index is 433. The van der Waals surface area contributed by atoms with E-state index < -0.39 is 15.6 Å². The lowest BCUT2D eigenvalue weighted by Crippen LogP contribution is -2.37. The fraction of sp³-hybridized carbons (Fsp3) is 0.500. The molecule has 1 aromatic rings. The third-order valence-electron chi connectivity index (χ3n) is 1.52. The summed E-state index contributed by atoms with van der Waals surface area (Å²) in [5.41, 5.74) is -1.06. The van der Waals surface area contributed by atoms with Crippen molar-refractivity contribution >= 4 is 37.3 Å². The van der Waals surface area contributed by atoms with Crippen molar-refractivity contribution in [1.82, 2.24) is 4.72 Å². The quantitative estimate of drug-likeness (QED) is 0.886. The first-order valence-electron chi connectivity index (χ1n) is 4.17. The van der Waals surface area contributed by atoms with Crippen LogP contribution in [0.15, 0.2) is 20.1 Å². The van der Waals surface area contributed by atoms with Gasteiger partial charge in [-0.3, -0.25) is 0 Å². The van der Waals surface area contributed by atoms with Crippen LogP contribution in [-0.4, -0.2) is 25.7 Å². The number of rotatable bonds is 4. The summed E-state index contributed by atoms with van der Waals surface area (Å²) in [6.07, 6.45) is 0. The fourth-order valence-electron chi connectivity index (χ4n) is 0.809. The van der Waals surface area contributed by atoms with Crippen LogP contribution in [-0.2, 0) is 10.0 Å². The van der Waals surface area contributed by atoms with E-state index >= 15 is 0 Å². The van der Waals surface area contributed by atoms with Gasteiger partial charge in [0.2, 0.25) is 0 Å². The van der Waals surface area contributed by atoms with Crippen molar-refractivity contribution in [1.29, 1.82) is 0 Å². The maximum Gasteiger partial charge on any atom is 0.251 e. The first-order chi connectivity index (χ1) is 6.72. The number of hydrogen-bond acceptors (Lipinski definition) is 4. The van der Waals surface area contributed by atoms with Crippen LogP contribution in [0.2, 0.25) is 0 Å². The molecule has 86 valence electrons. The average molecular weight is 314 g/mol. The molecule has 0 bridgehead atoms. The van der Waals surface area contributed by atoms with E-state index in [4.69, 9.17) is 0 Å². The number of sulfonamides is 1. The summed E-state index contributed by atoms with van der Waals surface area (Å²) in [5, 5.41) is 11.1. The Morgan fingerprint density at radius 1 is 1.60 bits per heavy atom. The van der Waals surface area contributed by atoms with Gasteiger partial charge in [0.05, 0.1) is 5.60 Å².